The van der Waals surface area contributed by atoms with Gasteiger partial charge in [-0.3, -0.25) is 4.68 Å². The molecule has 0 bridgehead atoms. The van der Waals surface area contributed by atoms with Gasteiger partial charge in [-0.2, -0.15) is 5.10 Å². The van der Waals surface area contributed by atoms with E-state index in [2.05, 4.69) is 31.7 Å². The first-order chi connectivity index (χ1) is 11.2. The van der Waals surface area contributed by atoms with Crippen molar-refractivity contribution >= 4 is 38.4 Å². The van der Waals surface area contributed by atoms with Crippen LogP contribution < -0.4 is 10.6 Å². The van der Waals surface area contributed by atoms with E-state index in [1.54, 1.807) is 6.20 Å². The van der Waals surface area contributed by atoms with Crippen molar-refractivity contribution in [2.75, 3.05) is 5.32 Å². The third kappa shape index (κ3) is 3.37. The lowest BCUT2D eigenvalue weighted by atomic mass is 10.1. The maximum atomic E-state index is 12.2. The van der Waals surface area contributed by atoms with Gasteiger partial charge in [0.1, 0.15) is 0 Å². The predicted octanol–water partition coefficient (Wildman–Crippen LogP) is 4.14. The highest BCUT2D eigenvalue weighted by Crippen LogP contribution is 2.23. The number of nitrogens with zero attached hydrogens (tertiary/aromatic N) is 2. The number of anilines is 1. The summed E-state index contributed by atoms with van der Waals surface area (Å²) in [6.07, 6.45) is 1.74. The number of benzene rings is 2. The lowest BCUT2D eigenvalue weighted by molar-refractivity contribution is 0.251. The Kier molecular flexibility index (Phi) is 4.62. The number of amides is 2. The highest BCUT2D eigenvalue weighted by atomic mass is 79.9. The summed E-state index contributed by atoms with van der Waals surface area (Å²) in [4.78, 5) is 12.2. The fourth-order valence-corrected chi connectivity index (χ4v) is 2.94. The van der Waals surface area contributed by atoms with Gasteiger partial charge in [0, 0.05) is 11.9 Å². The topological polar surface area (TPSA) is 59.0 Å². The number of carbonyl (C=O) groups is 1. The van der Waals surface area contributed by atoms with E-state index in [1.807, 2.05) is 54.1 Å². The van der Waals surface area contributed by atoms with Gasteiger partial charge < -0.3 is 10.6 Å². The van der Waals surface area contributed by atoms with Crippen molar-refractivity contribution in [1.29, 1.82) is 0 Å². The minimum Gasteiger partial charge on any atom is -0.332 e. The second-order valence-electron chi connectivity index (χ2n) is 5.09. The fourth-order valence-electron chi connectivity index (χ4n) is 2.50. The first-order valence-corrected chi connectivity index (χ1v) is 8.21. The standard InChI is InChI=1S/C17H17BrN4O/c1-2-22-16(14(18)10-20-22)11-19-17(23)21-15-9-5-7-12-6-3-4-8-13(12)15/h3-10H,2,11H2,1H3,(H2,19,21,23). The SMILES string of the molecule is CCn1ncc(Br)c1CNC(=O)Nc1cccc2ccccc12. The number of nitrogens with one attached hydrogen (secondary N) is 2. The van der Waals surface area contributed by atoms with Crippen LogP contribution in [0.25, 0.3) is 10.8 Å². The first kappa shape index (κ1) is 15.6. The summed E-state index contributed by atoms with van der Waals surface area (Å²) >= 11 is 3.45. The highest BCUT2D eigenvalue weighted by Gasteiger charge is 2.10. The number of fused-ring (bicyclic) bond motifs is 1. The van der Waals surface area contributed by atoms with Crippen LogP contribution in [0.4, 0.5) is 10.5 Å². The molecular weight excluding hydrogens is 356 g/mol. The van der Waals surface area contributed by atoms with Gasteiger partial charge in [-0.15, -0.1) is 0 Å². The van der Waals surface area contributed by atoms with Crippen molar-refractivity contribution in [3.8, 4) is 0 Å². The van der Waals surface area contributed by atoms with Gasteiger partial charge >= 0.3 is 6.03 Å². The molecule has 0 aliphatic carbocycles. The third-order valence-electron chi connectivity index (χ3n) is 3.65. The third-order valence-corrected chi connectivity index (χ3v) is 4.31. The molecule has 2 N–H and O–H groups in total. The molecule has 2 aromatic carbocycles. The molecule has 0 saturated carbocycles. The second-order valence-corrected chi connectivity index (χ2v) is 5.94. The molecule has 0 aliphatic rings. The zero-order valence-corrected chi connectivity index (χ0v) is 14.3. The van der Waals surface area contributed by atoms with Gasteiger partial charge in [-0.1, -0.05) is 36.4 Å². The second kappa shape index (κ2) is 6.83. The normalized spacial score (nSPS) is 10.7. The van der Waals surface area contributed by atoms with Crippen LogP contribution in [-0.4, -0.2) is 15.8 Å². The molecule has 0 atom stereocenters. The van der Waals surface area contributed by atoms with Crippen LogP contribution >= 0.6 is 15.9 Å². The average molecular weight is 373 g/mol. The summed E-state index contributed by atoms with van der Waals surface area (Å²) in [6, 6.07) is 13.6. The summed E-state index contributed by atoms with van der Waals surface area (Å²) in [7, 11) is 0. The number of hydrogen-bond acceptors (Lipinski definition) is 2. The monoisotopic (exact) mass is 372 g/mol. The number of carbonyl (C=O) groups excluding carboxylic acids is 1. The number of aryl methyl sites for hydroxylation is 1. The van der Waals surface area contributed by atoms with Crippen LogP contribution in [0.3, 0.4) is 0 Å². The van der Waals surface area contributed by atoms with Crippen LogP contribution in [0.15, 0.2) is 53.1 Å². The Balaban J connectivity index is 1.71. The Hall–Kier alpha value is -2.34. The Morgan fingerprint density at radius 3 is 2.83 bits per heavy atom. The molecule has 0 unspecified atom stereocenters. The summed E-state index contributed by atoms with van der Waals surface area (Å²) in [5.74, 6) is 0. The Bertz CT molecular complexity index is 838. The lowest BCUT2D eigenvalue weighted by Crippen LogP contribution is -2.29. The maximum absolute atomic E-state index is 12.2. The maximum Gasteiger partial charge on any atom is 0.319 e. The van der Waals surface area contributed by atoms with Crippen molar-refractivity contribution in [2.24, 2.45) is 0 Å². The molecule has 0 spiro atoms. The molecule has 2 amide bonds. The summed E-state index contributed by atoms with van der Waals surface area (Å²) in [5.41, 5.74) is 1.74. The molecule has 118 valence electrons. The molecule has 0 radical (unpaired) electrons. The zero-order chi connectivity index (χ0) is 16.2. The number of halogens is 1. The van der Waals surface area contributed by atoms with Crippen LogP contribution in [0.1, 0.15) is 12.6 Å². The van der Waals surface area contributed by atoms with E-state index in [9.17, 15) is 4.79 Å². The van der Waals surface area contributed by atoms with Gasteiger partial charge in [0.25, 0.3) is 0 Å². The average Bonchev–Trinajstić information content (AvgIpc) is 2.93. The molecule has 0 fully saturated rings. The van der Waals surface area contributed by atoms with Crippen molar-refractivity contribution < 1.29 is 4.79 Å². The molecule has 3 rings (SSSR count). The largest absolute Gasteiger partial charge is 0.332 e. The van der Waals surface area contributed by atoms with Gasteiger partial charge in [0.2, 0.25) is 0 Å². The number of urea groups is 1. The minimum absolute atomic E-state index is 0.239. The van der Waals surface area contributed by atoms with E-state index in [0.29, 0.717) is 6.54 Å². The van der Waals surface area contributed by atoms with Gasteiger partial charge in [0.15, 0.2) is 0 Å². The van der Waals surface area contributed by atoms with Crippen LogP contribution in [-0.2, 0) is 13.1 Å². The Morgan fingerprint density at radius 1 is 1.22 bits per heavy atom. The van der Waals surface area contributed by atoms with E-state index in [-0.39, 0.29) is 6.03 Å². The molecule has 1 aromatic heterocycles. The zero-order valence-electron chi connectivity index (χ0n) is 12.7. The predicted molar refractivity (Wildman–Crippen MR) is 95.4 cm³/mol. The smallest absolute Gasteiger partial charge is 0.319 e. The molecular formula is C17H17BrN4O. The van der Waals surface area contributed by atoms with E-state index in [0.717, 1.165) is 33.2 Å². The van der Waals surface area contributed by atoms with Crippen molar-refractivity contribution in [2.45, 2.75) is 20.0 Å². The van der Waals surface area contributed by atoms with Crippen LogP contribution in [0.2, 0.25) is 0 Å². The first-order valence-electron chi connectivity index (χ1n) is 7.42. The molecule has 23 heavy (non-hydrogen) atoms. The number of rotatable bonds is 4. The fraction of sp³-hybridized carbons (Fsp3) is 0.176. The summed E-state index contributed by atoms with van der Waals surface area (Å²) in [6.45, 7) is 3.18. The van der Waals surface area contributed by atoms with Gasteiger partial charge in [0.05, 0.1) is 28.6 Å². The van der Waals surface area contributed by atoms with E-state index in [1.165, 1.54) is 0 Å². The lowest BCUT2D eigenvalue weighted by Gasteiger charge is -2.11. The van der Waals surface area contributed by atoms with Crippen molar-refractivity contribution in [1.82, 2.24) is 15.1 Å². The molecule has 5 nitrogen and oxygen atoms in total. The van der Waals surface area contributed by atoms with Crippen LogP contribution in [0.5, 0.6) is 0 Å². The highest BCUT2D eigenvalue weighted by molar-refractivity contribution is 9.10. The number of hydrogen-bond donors (Lipinski definition) is 2. The summed E-state index contributed by atoms with van der Waals surface area (Å²) < 4.78 is 2.74. The Morgan fingerprint density at radius 2 is 2.00 bits per heavy atom. The van der Waals surface area contributed by atoms with Crippen LogP contribution in [0, 0.1) is 0 Å². The molecule has 0 aliphatic heterocycles. The summed E-state index contributed by atoms with van der Waals surface area (Å²) in [5, 5.41) is 12.1. The van der Waals surface area contributed by atoms with Crippen molar-refractivity contribution in [3.05, 3.63) is 58.8 Å². The van der Waals surface area contributed by atoms with Gasteiger partial charge in [-0.05, 0) is 34.3 Å². The molecule has 6 heteroatoms. The minimum atomic E-state index is -0.239. The quantitative estimate of drug-likeness (QED) is 0.722. The Labute approximate surface area is 142 Å². The molecule has 0 saturated heterocycles. The van der Waals surface area contributed by atoms with E-state index < -0.39 is 0 Å². The van der Waals surface area contributed by atoms with E-state index >= 15 is 0 Å². The number of aromatic nitrogens is 2. The molecule has 3 aromatic rings. The van der Waals surface area contributed by atoms with Crippen molar-refractivity contribution in [3.63, 3.8) is 0 Å². The van der Waals surface area contributed by atoms with Gasteiger partial charge in [-0.25, -0.2) is 4.79 Å². The van der Waals surface area contributed by atoms with E-state index in [4.69, 9.17) is 0 Å². The molecule has 1 heterocycles.